The molecule has 1 aliphatic carbocycles. The van der Waals surface area contributed by atoms with E-state index < -0.39 is 10.0 Å². The lowest BCUT2D eigenvalue weighted by molar-refractivity contribution is -0.133. The number of nitrogens with two attached hydrogens (primary N) is 1. The van der Waals surface area contributed by atoms with Crippen LogP contribution in [0.5, 0.6) is 0 Å². The van der Waals surface area contributed by atoms with Crippen molar-refractivity contribution in [1.82, 2.24) is 10.6 Å². The SMILES string of the molecule is NS(=O)(=O)c1ccccc1-c1ccc(CNC(=O)[C@@H]2CCCC2C(=O)NCc2ccc(Br)cc2)cc1. The number of carbonyl (C=O) groups is 2. The minimum atomic E-state index is -3.85. The Morgan fingerprint density at radius 1 is 0.806 bits per heavy atom. The van der Waals surface area contributed by atoms with Gasteiger partial charge in [-0.3, -0.25) is 9.59 Å². The van der Waals surface area contributed by atoms with Gasteiger partial charge in [0.1, 0.15) is 0 Å². The highest BCUT2D eigenvalue weighted by Gasteiger charge is 2.37. The molecule has 1 fully saturated rings. The molecular formula is C27H28BrN3O4S. The fourth-order valence-corrected chi connectivity index (χ4v) is 5.61. The number of carbonyl (C=O) groups excluding carboxylic acids is 2. The summed E-state index contributed by atoms with van der Waals surface area (Å²) < 4.78 is 24.8. The van der Waals surface area contributed by atoms with Crippen molar-refractivity contribution in [3.63, 3.8) is 0 Å². The van der Waals surface area contributed by atoms with Gasteiger partial charge in [0.05, 0.1) is 4.90 Å². The van der Waals surface area contributed by atoms with Crippen molar-refractivity contribution in [2.24, 2.45) is 17.0 Å². The van der Waals surface area contributed by atoms with Crippen LogP contribution in [-0.2, 0) is 32.7 Å². The molecule has 1 aliphatic rings. The second-order valence-corrected chi connectivity index (χ2v) is 11.4. The predicted molar refractivity (Wildman–Crippen MR) is 142 cm³/mol. The number of halogens is 1. The van der Waals surface area contributed by atoms with Crippen LogP contribution in [0.3, 0.4) is 0 Å². The third kappa shape index (κ3) is 6.40. The molecule has 2 amide bonds. The molecule has 1 saturated carbocycles. The number of rotatable bonds is 8. The molecule has 3 aromatic rings. The second-order valence-electron chi connectivity index (χ2n) is 8.94. The van der Waals surface area contributed by atoms with Crippen LogP contribution in [-0.4, -0.2) is 20.2 Å². The lowest BCUT2D eigenvalue weighted by Gasteiger charge is -2.19. The molecule has 36 heavy (non-hydrogen) atoms. The zero-order valence-electron chi connectivity index (χ0n) is 19.6. The number of hydrogen-bond acceptors (Lipinski definition) is 4. The Kier molecular flexibility index (Phi) is 8.23. The molecule has 7 nitrogen and oxygen atoms in total. The number of benzene rings is 3. The first-order chi connectivity index (χ1) is 17.2. The highest BCUT2D eigenvalue weighted by molar-refractivity contribution is 9.10. The Hall–Kier alpha value is -3.01. The summed E-state index contributed by atoms with van der Waals surface area (Å²) in [6.07, 6.45) is 2.22. The van der Waals surface area contributed by atoms with Crippen molar-refractivity contribution in [2.45, 2.75) is 37.2 Å². The molecule has 0 aliphatic heterocycles. The first kappa shape index (κ1) is 26.1. The number of sulfonamides is 1. The number of primary sulfonamides is 1. The van der Waals surface area contributed by atoms with Crippen LogP contribution in [0, 0.1) is 11.8 Å². The molecule has 1 unspecified atom stereocenters. The summed E-state index contributed by atoms with van der Waals surface area (Å²) in [5, 5.41) is 11.3. The molecule has 3 aromatic carbocycles. The van der Waals surface area contributed by atoms with E-state index in [1.54, 1.807) is 30.3 Å². The van der Waals surface area contributed by atoms with Crippen LogP contribution in [0.1, 0.15) is 30.4 Å². The maximum Gasteiger partial charge on any atom is 0.238 e. The summed E-state index contributed by atoms with van der Waals surface area (Å²) in [7, 11) is -3.85. The van der Waals surface area contributed by atoms with Gasteiger partial charge in [-0.25, -0.2) is 13.6 Å². The quantitative estimate of drug-likeness (QED) is 0.378. The van der Waals surface area contributed by atoms with Crippen LogP contribution in [0.4, 0.5) is 0 Å². The van der Waals surface area contributed by atoms with Crippen molar-refractivity contribution < 1.29 is 18.0 Å². The topological polar surface area (TPSA) is 118 Å². The molecule has 0 spiro atoms. The smallest absolute Gasteiger partial charge is 0.238 e. The van der Waals surface area contributed by atoms with E-state index in [1.165, 1.54) is 6.07 Å². The fraction of sp³-hybridized carbons (Fsp3) is 0.259. The second kappa shape index (κ2) is 11.4. The van der Waals surface area contributed by atoms with E-state index in [0.717, 1.165) is 22.0 Å². The summed E-state index contributed by atoms with van der Waals surface area (Å²) >= 11 is 3.40. The molecule has 4 N–H and O–H groups in total. The predicted octanol–water partition coefficient (Wildman–Crippen LogP) is 4.11. The zero-order valence-corrected chi connectivity index (χ0v) is 22.0. The lowest BCUT2D eigenvalue weighted by Crippen LogP contribution is -2.39. The van der Waals surface area contributed by atoms with Gasteiger partial charge >= 0.3 is 0 Å². The molecule has 4 rings (SSSR count). The maximum atomic E-state index is 12.9. The minimum absolute atomic E-state index is 0.0664. The van der Waals surface area contributed by atoms with E-state index in [0.29, 0.717) is 37.1 Å². The molecule has 2 atom stereocenters. The monoisotopic (exact) mass is 569 g/mol. The average molecular weight is 571 g/mol. The van der Waals surface area contributed by atoms with E-state index in [1.807, 2.05) is 36.4 Å². The van der Waals surface area contributed by atoms with Crippen molar-refractivity contribution in [2.75, 3.05) is 0 Å². The van der Waals surface area contributed by atoms with Crippen molar-refractivity contribution in [1.29, 1.82) is 0 Å². The summed E-state index contributed by atoms with van der Waals surface area (Å²) in [6, 6.07) is 21.6. The first-order valence-electron chi connectivity index (χ1n) is 11.7. The molecule has 0 bridgehead atoms. The number of hydrogen-bond donors (Lipinski definition) is 3. The van der Waals surface area contributed by atoms with Gasteiger partial charge in [-0.1, -0.05) is 76.9 Å². The Bertz CT molecular complexity index is 1340. The highest BCUT2D eigenvalue weighted by Crippen LogP contribution is 2.32. The fourth-order valence-electron chi connectivity index (χ4n) is 4.59. The van der Waals surface area contributed by atoms with Gasteiger partial charge in [0.2, 0.25) is 21.8 Å². The summed E-state index contributed by atoms with van der Waals surface area (Å²) in [6.45, 7) is 0.748. The largest absolute Gasteiger partial charge is 0.352 e. The zero-order chi connectivity index (χ0) is 25.7. The Morgan fingerprint density at radius 2 is 1.31 bits per heavy atom. The van der Waals surface area contributed by atoms with Crippen LogP contribution in [0.25, 0.3) is 11.1 Å². The van der Waals surface area contributed by atoms with E-state index in [-0.39, 0.29) is 28.5 Å². The average Bonchev–Trinajstić information content (AvgIpc) is 3.37. The number of amides is 2. The van der Waals surface area contributed by atoms with Gasteiger partial charge in [-0.15, -0.1) is 0 Å². The molecule has 0 aromatic heterocycles. The van der Waals surface area contributed by atoms with Crippen LogP contribution < -0.4 is 15.8 Å². The molecular weight excluding hydrogens is 542 g/mol. The summed E-state index contributed by atoms with van der Waals surface area (Å²) in [5.41, 5.74) is 3.11. The van der Waals surface area contributed by atoms with E-state index in [4.69, 9.17) is 5.14 Å². The van der Waals surface area contributed by atoms with Crippen molar-refractivity contribution in [3.8, 4) is 11.1 Å². The van der Waals surface area contributed by atoms with Gasteiger partial charge in [-0.05, 0) is 47.7 Å². The lowest BCUT2D eigenvalue weighted by atomic mass is 9.94. The highest BCUT2D eigenvalue weighted by atomic mass is 79.9. The normalized spacial score (nSPS) is 17.5. The van der Waals surface area contributed by atoms with Crippen molar-refractivity contribution in [3.05, 3.63) is 88.4 Å². The van der Waals surface area contributed by atoms with Gasteiger partial charge in [0.25, 0.3) is 0 Å². The molecule has 9 heteroatoms. The van der Waals surface area contributed by atoms with Crippen molar-refractivity contribution >= 4 is 37.8 Å². The van der Waals surface area contributed by atoms with Gasteiger partial charge in [0, 0.05) is 35.0 Å². The third-order valence-corrected chi connectivity index (χ3v) is 7.99. The molecule has 188 valence electrons. The number of nitrogens with one attached hydrogen (secondary N) is 2. The maximum absolute atomic E-state index is 12.9. The standard InChI is InChI=1S/C27H28BrN3O4S/c28-21-14-10-19(11-15-21)17-31-27(33)24-6-3-5-23(24)26(32)30-16-18-8-12-20(13-9-18)22-4-1-2-7-25(22)36(29,34)35/h1-2,4,7-15,23-24H,3,5-6,16-17H2,(H,30,32)(H,31,33)(H2,29,34,35)/t23-,24?/m1/s1. The van der Waals surface area contributed by atoms with Gasteiger partial charge < -0.3 is 10.6 Å². The van der Waals surface area contributed by atoms with E-state index in [9.17, 15) is 18.0 Å². The molecule has 0 saturated heterocycles. The third-order valence-electron chi connectivity index (χ3n) is 6.49. The van der Waals surface area contributed by atoms with E-state index in [2.05, 4.69) is 26.6 Å². The molecule has 0 radical (unpaired) electrons. The van der Waals surface area contributed by atoms with Gasteiger partial charge in [0.15, 0.2) is 0 Å². The van der Waals surface area contributed by atoms with Crippen LogP contribution >= 0.6 is 15.9 Å². The van der Waals surface area contributed by atoms with Crippen LogP contribution in [0.2, 0.25) is 0 Å². The molecule has 0 heterocycles. The summed E-state index contributed by atoms with van der Waals surface area (Å²) in [4.78, 5) is 25.8. The van der Waals surface area contributed by atoms with Gasteiger partial charge in [-0.2, -0.15) is 0 Å². The minimum Gasteiger partial charge on any atom is -0.352 e. The first-order valence-corrected chi connectivity index (χ1v) is 14.1. The van der Waals surface area contributed by atoms with Crippen LogP contribution in [0.15, 0.2) is 82.2 Å². The Labute approximate surface area is 219 Å². The summed E-state index contributed by atoms with van der Waals surface area (Å²) in [5.74, 6) is -0.901. The Balaban J connectivity index is 1.34. The van der Waals surface area contributed by atoms with E-state index >= 15 is 0 Å². The Morgan fingerprint density at radius 3 is 1.83 bits per heavy atom.